The van der Waals surface area contributed by atoms with Crippen LogP contribution in [0.1, 0.15) is 26.7 Å². The van der Waals surface area contributed by atoms with Gasteiger partial charge in [0.25, 0.3) is 0 Å². The highest BCUT2D eigenvalue weighted by Crippen LogP contribution is 2.36. The number of esters is 2. The average Bonchev–Trinajstić information content (AvgIpc) is 2.17. The van der Waals surface area contributed by atoms with E-state index in [9.17, 15) is 22.8 Å². The molecule has 0 spiro atoms. The Morgan fingerprint density at radius 3 is 2.22 bits per heavy atom. The van der Waals surface area contributed by atoms with Crippen LogP contribution in [0.5, 0.6) is 0 Å². The topological polar surface area (TPSA) is 52.6 Å². The van der Waals surface area contributed by atoms with Crippen LogP contribution in [0, 0.1) is 0 Å². The number of alkyl halides is 3. The molecule has 4 nitrogen and oxygen atoms in total. The molecule has 0 amide bonds. The minimum absolute atomic E-state index is 0.116. The molecule has 18 heavy (non-hydrogen) atoms. The normalized spacial score (nSPS) is 24.2. The molecule has 0 heterocycles. The summed E-state index contributed by atoms with van der Waals surface area (Å²) in [6, 6.07) is 0. The van der Waals surface area contributed by atoms with E-state index in [0.29, 0.717) is 0 Å². The van der Waals surface area contributed by atoms with E-state index in [0.717, 1.165) is 19.9 Å². The summed E-state index contributed by atoms with van der Waals surface area (Å²) in [5.41, 5.74) is -0.977. The molecule has 0 aromatic heterocycles. The molecule has 1 aliphatic carbocycles. The number of hydrogen-bond donors (Lipinski definition) is 0. The number of halogens is 3. The summed E-state index contributed by atoms with van der Waals surface area (Å²) >= 11 is 0. The maximum absolute atomic E-state index is 12.8. The Bertz CT molecular complexity index is 373. The summed E-state index contributed by atoms with van der Waals surface area (Å²) in [5.74, 6) is -1.56. The van der Waals surface area contributed by atoms with Gasteiger partial charge in [-0.25, -0.2) is 0 Å². The van der Waals surface area contributed by atoms with E-state index in [1.54, 1.807) is 0 Å². The molecule has 0 aromatic carbocycles. The highest BCUT2D eigenvalue weighted by molar-refractivity contribution is 5.68. The summed E-state index contributed by atoms with van der Waals surface area (Å²) in [7, 11) is 0. The molecule has 0 N–H and O–H groups in total. The fraction of sp³-hybridized carbons (Fsp3) is 0.636. The Kier molecular flexibility index (Phi) is 4.37. The second-order valence-electron chi connectivity index (χ2n) is 3.91. The van der Waals surface area contributed by atoms with Gasteiger partial charge in [0.2, 0.25) is 0 Å². The van der Waals surface area contributed by atoms with E-state index in [1.807, 2.05) is 0 Å². The molecule has 7 heteroatoms. The first-order valence-corrected chi connectivity index (χ1v) is 5.33. The third kappa shape index (κ3) is 3.75. The second-order valence-corrected chi connectivity index (χ2v) is 3.91. The SMILES string of the molecule is CC(=O)O[C@H]1CCC=C(C(F)(F)F)[C@@H]1OC(C)=O. The molecular weight excluding hydrogens is 253 g/mol. The number of ether oxygens (including phenoxy) is 2. The average molecular weight is 266 g/mol. The van der Waals surface area contributed by atoms with Crippen LogP contribution >= 0.6 is 0 Å². The molecule has 0 aromatic rings. The first-order chi connectivity index (χ1) is 8.21. The van der Waals surface area contributed by atoms with Crippen LogP contribution in [0.3, 0.4) is 0 Å². The van der Waals surface area contributed by atoms with Crippen LogP contribution in [0.2, 0.25) is 0 Å². The molecule has 0 aliphatic heterocycles. The zero-order valence-corrected chi connectivity index (χ0v) is 9.91. The molecule has 2 atom stereocenters. The molecule has 0 bridgehead atoms. The quantitative estimate of drug-likeness (QED) is 0.567. The summed E-state index contributed by atoms with van der Waals surface area (Å²) in [4.78, 5) is 21.7. The highest BCUT2D eigenvalue weighted by Gasteiger charge is 2.46. The van der Waals surface area contributed by atoms with E-state index in [4.69, 9.17) is 4.74 Å². The van der Waals surface area contributed by atoms with Crippen molar-refractivity contribution in [1.82, 2.24) is 0 Å². The van der Waals surface area contributed by atoms with Crippen LogP contribution < -0.4 is 0 Å². The van der Waals surface area contributed by atoms with Gasteiger partial charge in [0.15, 0.2) is 6.10 Å². The smallest absolute Gasteiger partial charge is 0.416 e. The monoisotopic (exact) mass is 266 g/mol. The molecule has 1 rings (SSSR count). The number of rotatable bonds is 2. The van der Waals surface area contributed by atoms with Crippen LogP contribution in [-0.2, 0) is 19.1 Å². The van der Waals surface area contributed by atoms with E-state index in [-0.39, 0.29) is 12.8 Å². The van der Waals surface area contributed by atoms with Gasteiger partial charge in [-0.3, -0.25) is 9.59 Å². The number of allylic oxidation sites excluding steroid dienone is 1. The van der Waals surface area contributed by atoms with Crippen LogP contribution in [-0.4, -0.2) is 30.3 Å². The second kappa shape index (κ2) is 5.41. The lowest BCUT2D eigenvalue weighted by Gasteiger charge is -2.32. The van der Waals surface area contributed by atoms with E-state index in [2.05, 4.69) is 4.74 Å². The van der Waals surface area contributed by atoms with Crippen LogP contribution in [0.15, 0.2) is 11.6 Å². The van der Waals surface area contributed by atoms with Gasteiger partial charge < -0.3 is 9.47 Å². The molecule has 0 saturated heterocycles. The summed E-state index contributed by atoms with van der Waals surface area (Å²) in [5, 5.41) is 0. The highest BCUT2D eigenvalue weighted by atomic mass is 19.4. The molecule has 102 valence electrons. The van der Waals surface area contributed by atoms with Crippen LogP contribution in [0.25, 0.3) is 0 Å². The minimum Gasteiger partial charge on any atom is -0.458 e. The Morgan fingerprint density at radius 1 is 1.22 bits per heavy atom. The minimum atomic E-state index is -4.61. The fourth-order valence-electron chi connectivity index (χ4n) is 1.80. The van der Waals surface area contributed by atoms with Gasteiger partial charge in [-0.05, 0) is 12.8 Å². The van der Waals surface area contributed by atoms with E-state index in [1.165, 1.54) is 0 Å². The Morgan fingerprint density at radius 2 is 1.78 bits per heavy atom. The summed E-state index contributed by atoms with van der Waals surface area (Å²) < 4.78 is 47.7. The van der Waals surface area contributed by atoms with Gasteiger partial charge >= 0.3 is 18.1 Å². The third-order valence-corrected chi connectivity index (χ3v) is 2.40. The lowest BCUT2D eigenvalue weighted by molar-refractivity contribution is -0.172. The first kappa shape index (κ1) is 14.5. The number of hydrogen-bond acceptors (Lipinski definition) is 4. The summed E-state index contributed by atoms with van der Waals surface area (Å²) in [6.45, 7) is 2.10. The van der Waals surface area contributed by atoms with Gasteiger partial charge in [-0.1, -0.05) is 6.08 Å². The predicted molar refractivity (Wildman–Crippen MR) is 54.5 cm³/mol. The predicted octanol–water partition coefficient (Wildman–Crippen LogP) is 2.13. The van der Waals surface area contributed by atoms with Crippen molar-refractivity contribution in [3.05, 3.63) is 11.6 Å². The van der Waals surface area contributed by atoms with Crippen molar-refractivity contribution in [3.8, 4) is 0 Å². The summed E-state index contributed by atoms with van der Waals surface area (Å²) in [6.07, 6.45) is -6.01. The fourth-order valence-corrected chi connectivity index (χ4v) is 1.80. The van der Waals surface area contributed by atoms with Crippen molar-refractivity contribution in [1.29, 1.82) is 0 Å². The molecular formula is C11H13F3O4. The van der Waals surface area contributed by atoms with E-state index >= 15 is 0 Å². The van der Waals surface area contributed by atoms with Crippen LogP contribution in [0.4, 0.5) is 13.2 Å². The van der Waals surface area contributed by atoms with Crippen molar-refractivity contribution >= 4 is 11.9 Å². The van der Waals surface area contributed by atoms with Crippen molar-refractivity contribution in [2.75, 3.05) is 0 Å². The molecule has 0 saturated carbocycles. The zero-order valence-electron chi connectivity index (χ0n) is 9.91. The molecule has 0 fully saturated rings. The maximum Gasteiger partial charge on any atom is 0.416 e. The van der Waals surface area contributed by atoms with Crippen molar-refractivity contribution in [2.24, 2.45) is 0 Å². The number of carbonyl (C=O) groups is 2. The molecule has 1 aliphatic rings. The zero-order chi connectivity index (χ0) is 13.9. The lowest BCUT2D eigenvalue weighted by atomic mass is 9.93. The molecule has 0 unspecified atom stereocenters. The Hall–Kier alpha value is -1.53. The van der Waals surface area contributed by atoms with E-state index < -0.39 is 35.9 Å². The van der Waals surface area contributed by atoms with Crippen molar-refractivity contribution in [2.45, 2.75) is 45.1 Å². The Labute approximate surface area is 102 Å². The van der Waals surface area contributed by atoms with Crippen molar-refractivity contribution < 1.29 is 32.2 Å². The largest absolute Gasteiger partial charge is 0.458 e. The van der Waals surface area contributed by atoms with Gasteiger partial charge in [0.05, 0.1) is 5.57 Å². The third-order valence-electron chi connectivity index (χ3n) is 2.40. The maximum atomic E-state index is 12.8. The standard InChI is InChI=1S/C11H13F3O4/c1-6(15)17-9-5-3-4-8(11(12,13)14)10(9)18-7(2)16/h4,9-10H,3,5H2,1-2H3/t9-,10-/m0/s1. The van der Waals surface area contributed by atoms with Crippen molar-refractivity contribution in [3.63, 3.8) is 0 Å². The van der Waals surface area contributed by atoms with Gasteiger partial charge in [0, 0.05) is 13.8 Å². The van der Waals surface area contributed by atoms with Gasteiger partial charge in [0.1, 0.15) is 6.10 Å². The van der Waals surface area contributed by atoms with Gasteiger partial charge in [-0.2, -0.15) is 13.2 Å². The van der Waals surface area contributed by atoms with Gasteiger partial charge in [-0.15, -0.1) is 0 Å². The molecule has 0 radical (unpaired) electrons. The number of carbonyl (C=O) groups excluding carboxylic acids is 2. The Balaban J connectivity index is 2.98. The lowest BCUT2D eigenvalue weighted by Crippen LogP contribution is -2.42. The first-order valence-electron chi connectivity index (χ1n) is 5.33.